The lowest BCUT2D eigenvalue weighted by Gasteiger charge is -2.17. The smallest absolute Gasteiger partial charge is 0.262 e. The zero-order chi connectivity index (χ0) is 19.6. The van der Waals surface area contributed by atoms with Crippen molar-refractivity contribution in [3.8, 4) is 5.75 Å². The molecule has 0 aliphatic heterocycles. The number of H-pyrrole nitrogens is 1. The van der Waals surface area contributed by atoms with Crippen molar-refractivity contribution in [1.29, 1.82) is 0 Å². The van der Waals surface area contributed by atoms with Gasteiger partial charge in [0.1, 0.15) is 16.9 Å². The average Bonchev–Trinajstić information content (AvgIpc) is 2.98. The van der Waals surface area contributed by atoms with Gasteiger partial charge in [-0.2, -0.15) is 0 Å². The molecule has 7 nitrogen and oxygen atoms in total. The number of carbonyl (C=O) groups excluding carboxylic acids is 1. The van der Waals surface area contributed by atoms with Crippen molar-refractivity contribution in [3.63, 3.8) is 0 Å². The zero-order valence-electron chi connectivity index (χ0n) is 15.9. The lowest BCUT2D eigenvalue weighted by atomic mass is 10.1. The van der Waals surface area contributed by atoms with Crippen molar-refractivity contribution < 1.29 is 13.9 Å². The highest BCUT2D eigenvalue weighted by atomic mass is 16.5. The van der Waals surface area contributed by atoms with E-state index >= 15 is 0 Å². The SMILES string of the molecule is CC[C@@H](C)Oc1cc(C)ccc1CNC(=O)c1c(C)oc2nc[nH]c(=O)c12. The molecule has 3 aromatic rings. The van der Waals surface area contributed by atoms with Crippen LogP contribution in [0, 0.1) is 13.8 Å². The van der Waals surface area contributed by atoms with Crippen LogP contribution in [0.15, 0.2) is 33.7 Å². The average molecular weight is 369 g/mol. The predicted octanol–water partition coefficient (Wildman–Crippen LogP) is 3.24. The second-order valence-corrected chi connectivity index (χ2v) is 6.58. The molecule has 0 unspecified atom stereocenters. The van der Waals surface area contributed by atoms with E-state index in [1.807, 2.05) is 32.0 Å². The molecule has 142 valence electrons. The second kappa shape index (κ2) is 7.65. The van der Waals surface area contributed by atoms with E-state index in [0.717, 1.165) is 23.3 Å². The van der Waals surface area contributed by atoms with Crippen LogP contribution in [-0.4, -0.2) is 22.0 Å². The summed E-state index contributed by atoms with van der Waals surface area (Å²) >= 11 is 0. The van der Waals surface area contributed by atoms with Gasteiger partial charge in [0.05, 0.1) is 18.0 Å². The Hall–Kier alpha value is -3.09. The van der Waals surface area contributed by atoms with Gasteiger partial charge >= 0.3 is 0 Å². The predicted molar refractivity (Wildman–Crippen MR) is 102 cm³/mol. The molecule has 1 amide bonds. The molecule has 0 aliphatic rings. The standard InChI is InChI=1S/C20H23N3O4/c1-5-12(3)26-15-8-11(2)6-7-14(15)9-21-18(24)16-13(4)27-20-17(16)19(25)22-10-23-20/h6-8,10,12H,5,9H2,1-4H3,(H,21,24)(H,22,23,25)/t12-/m1/s1. The number of aryl methyl sites for hydroxylation is 2. The Morgan fingerprint density at radius 3 is 2.89 bits per heavy atom. The maximum atomic E-state index is 12.7. The number of amides is 1. The third-order valence-electron chi connectivity index (χ3n) is 4.46. The van der Waals surface area contributed by atoms with Crippen molar-refractivity contribution in [3.05, 3.63) is 57.3 Å². The molecule has 1 aromatic carbocycles. The van der Waals surface area contributed by atoms with Crippen LogP contribution in [0.5, 0.6) is 5.75 Å². The number of rotatable bonds is 6. The van der Waals surface area contributed by atoms with Crippen LogP contribution in [0.1, 0.15) is 47.5 Å². The van der Waals surface area contributed by atoms with E-state index in [1.165, 1.54) is 6.33 Å². The van der Waals surface area contributed by atoms with Gasteiger partial charge in [-0.15, -0.1) is 0 Å². The third kappa shape index (κ3) is 3.86. The number of nitrogens with zero attached hydrogens (tertiary/aromatic N) is 1. The number of furan rings is 1. The maximum Gasteiger partial charge on any atom is 0.262 e. The van der Waals surface area contributed by atoms with E-state index in [4.69, 9.17) is 9.15 Å². The van der Waals surface area contributed by atoms with E-state index in [2.05, 4.69) is 22.2 Å². The Morgan fingerprint density at radius 2 is 2.15 bits per heavy atom. The Morgan fingerprint density at radius 1 is 1.37 bits per heavy atom. The number of carbonyl (C=O) groups is 1. The van der Waals surface area contributed by atoms with Crippen LogP contribution < -0.4 is 15.6 Å². The Labute approximate surface area is 156 Å². The molecule has 0 aliphatic carbocycles. The summed E-state index contributed by atoms with van der Waals surface area (Å²) in [5, 5.41) is 3.01. The number of hydrogen-bond acceptors (Lipinski definition) is 5. The highest BCUT2D eigenvalue weighted by Gasteiger charge is 2.21. The van der Waals surface area contributed by atoms with E-state index < -0.39 is 5.56 Å². The van der Waals surface area contributed by atoms with Crippen LogP contribution in [-0.2, 0) is 6.54 Å². The number of ether oxygens (including phenoxy) is 1. The third-order valence-corrected chi connectivity index (χ3v) is 4.46. The summed E-state index contributed by atoms with van der Waals surface area (Å²) in [5.41, 5.74) is 1.90. The number of hydrogen-bond donors (Lipinski definition) is 2. The number of benzene rings is 1. The van der Waals surface area contributed by atoms with Crippen molar-refractivity contribution in [2.24, 2.45) is 0 Å². The zero-order valence-corrected chi connectivity index (χ0v) is 15.9. The number of fused-ring (bicyclic) bond motifs is 1. The summed E-state index contributed by atoms with van der Waals surface area (Å²) in [4.78, 5) is 31.3. The first-order valence-electron chi connectivity index (χ1n) is 8.91. The van der Waals surface area contributed by atoms with Crippen LogP contribution in [0.3, 0.4) is 0 Å². The summed E-state index contributed by atoms with van der Waals surface area (Å²) in [6, 6.07) is 5.86. The molecule has 2 N–H and O–H groups in total. The lowest BCUT2D eigenvalue weighted by molar-refractivity contribution is 0.0950. The van der Waals surface area contributed by atoms with Gasteiger partial charge in [-0.25, -0.2) is 4.98 Å². The van der Waals surface area contributed by atoms with Crippen LogP contribution in [0.2, 0.25) is 0 Å². The van der Waals surface area contributed by atoms with E-state index in [1.54, 1.807) is 6.92 Å². The minimum absolute atomic E-state index is 0.0750. The molecule has 0 saturated heterocycles. The van der Waals surface area contributed by atoms with Gasteiger partial charge in [-0.1, -0.05) is 19.1 Å². The first-order chi connectivity index (χ1) is 12.9. The minimum Gasteiger partial charge on any atom is -0.490 e. The molecule has 0 fully saturated rings. The summed E-state index contributed by atoms with van der Waals surface area (Å²) in [6.07, 6.45) is 2.21. The van der Waals surface area contributed by atoms with Crippen molar-refractivity contribution in [1.82, 2.24) is 15.3 Å². The highest BCUT2D eigenvalue weighted by molar-refractivity contribution is 6.06. The Bertz CT molecular complexity index is 1040. The van der Waals surface area contributed by atoms with Gasteiger partial charge in [0, 0.05) is 12.1 Å². The van der Waals surface area contributed by atoms with Crippen molar-refractivity contribution in [2.45, 2.75) is 46.8 Å². The Kier molecular flexibility index (Phi) is 5.30. The summed E-state index contributed by atoms with van der Waals surface area (Å²) in [7, 11) is 0. The first kappa shape index (κ1) is 18.7. The van der Waals surface area contributed by atoms with Gasteiger partial charge in [0.15, 0.2) is 0 Å². The fourth-order valence-electron chi connectivity index (χ4n) is 2.81. The van der Waals surface area contributed by atoms with Crippen LogP contribution in [0.4, 0.5) is 0 Å². The highest BCUT2D eigenvalue weighted by Crippen LogP contribution is 2.24. The van der Waals surface area contributed by atoms with Crippen LogP contribution >= 0.6 is 0 Å². The quantitative estimate of drug-likeness (QED) is 0.695. The van der Waals surface area contributed by atoms with Gasteiger partial charge < -0.3 is 19.5 Å². The Balaban J connectivity index is 1.85. The number of aromatic nitrogens is 2. The molecule has 27 heavy (non-hydrogen) atoms. The minimum atomic E-state index is -0.405. The van der Waals surface area contributed by atoms with Gasteiger partial charge in [0.2, 0.25) is 5.71 Å². The molecule has 0 spiro atoms. The van der Waals surface area contributed by atoms with Crippen LogP contribution in [0.25, 0.3) is 11.1 Å². The fourth-order valence-corrected chi connectivity index (χ4v) is 2.81. The monoisotopic (exact) mass is 369 g/mol. The summed E-state index contributed by atoms with van der Waals surface area (Å²) in [6.45, 7) is 7.96. The molecule has 7 heteroatoms. The first-order valence-corrected chi connectivity index (χ1v) is 8.91. The maximum absolute atomic E-state index is 12.7. The molecular formula is C20H23N3O4. The molecule has 0 bridgehead atoms. The lowest BCUT2D eigenvalue weighted by Crippen LogP contribution is -2.25. The largest absolute Gasteiger partial charge is 0.490 e. The number of nitrogens with one attached hydrogen (secondary N) is 2. The van der Waals surface area contributed by atoms with Crippen molar-refractivity contribution in [2.75, 3.05) is 0 Å². The van der Waals surface area contributed by atoms with Gasteiger partial charge in [-0.05, 0) is 38.8 Å². The molecule has 3 rings (SSSR count). The molecule has 0 radical (unpaired) electrons. The van der Waals surface area contributed by atoms with Gasteiger partial charge in [0.25, 0.3) is 11.5 Å². The fraction of sp³-hybridized carbons (Fsp3) is 0.350. The van der Waals surface area contributed by atoms with E-state index in [9.17, 15) is 9.59 Å². The van der Waals surface area contributed by atoms with E-state index in [-0.39, 0.29) is 35.2 Å². The second-order valence-electron chi connectivity index (χ2n) is 6.58. The summed E-state index contributed by atoms with van der Waals surface area (Å²) < 4.78 is 11.4. The number of aromatic amines is 1. The molecule has 2 aromatic heterocycles. The normalized spacial score (nSPS) is 12.1. The van der Waals surface area contributed by atoms with Crippen molar-refractivity contribution >= 4 is 17.0 Å². The van der Waals surface area contributed by atoms with E-state index in [0.29, 0.717) is 5.76 Å². The molecular weight excluding hydrogens is 346 g/mol. The topological polar surface area (TPSA) is 97.2 Å². The summed E-state index contributed by atoms with van der Waals surface area (Å²) in [5.74, 6) is 0.712. The molecule has 0 saturated carbocycles. The van der Waals surface area contributed by atoms with Gasteiger partial charge in [-0.3, -0.25) is 9.59 Å². The molecule has 2 heterocycles. The molecule has 1 atom stereocenters.